The molecule has 6 heteroatoms. The quantitative estimate of drug-likeness (QED) is 0.609. The van der Waals surface area contributed by atoms with Crippen LogP contribution in [0.25, 0.3) is 0 Å². The van der Waals surface area contributed by atoms with Gasteiger partial charge in [-0.1, -0.05) is 23.2 Å². The van der Waals surface area contributed by atoms with Crippen LogP contribution in [-0.2, 0) is 9.59 Å². The number of hydrogen-bond acceptors (Lipinski definition) is 2. The van der Waals surface area contributed by atoms with Crippen LogP contribution < -0.4 is 5.32 Å². The summed E-state index contributed by atoms with van der Waals surface area (Å²) in [7, 11) is 0. The molecule has 0 aromatic rings. The minimum Gasteiger partial charge on any atom is -0.480 e. The lowest BCUT2D eigenvalue weighted by Gasteiger charge is -2.00. The number of halogens is 2. The second-order valence-corrected chi connectivity index (χ2v) is 2.51. The maximum atomic E-state index is 10.4. The number of carboxylic acids is 1. The fourth-order valence-corrected chi connectivity index (χ4v) is 0.394. The summed E-state index contributed by atoms with van der Waals surface area (Å²) in [5.74, 6) is -1.84. The van der Waals surface area contributed by atoms with Crippen molar-refractivity contribution >= 4 is 35.1 Å². The van der Waals surface area contributed by atoms with Crippen molar-refractivity contribution in [1.82, 2.24) is 5.32 Å². The van der Waals surface area contributed by atoms with E-state index in [1.54, 1.807) is 0 Å². The summed E-state index contributed by atoms with van der Waals surface area (Å²) in [6, 6.07) is 0. The van der Waals surface area contributed by atoms with Crippen LogP contribution in [0.5, 0.6) is 0 Å². The predicted molar refractivity (Wildman–Crippen MR) is 36.1 cm³/mol. The van der Waals surface area contributed by atoms with E-state index in [1.807, 2.05) is 5.32 Å². The molecule has 0 aliphatic carbocycles. The fraction of sp³-hybridized carbons (Fsp3) is 0.500. The Morgan fingerprint density at radius 1 is 1.50 bits per heavy atom. The molecule has 0 fully saturated rings. The van der Waals surface area contributed by atoms with Crippen LogP contribution >= 0.6 is 23.2 Å². The molecule has 0 atom stereocenters. The van der Waals surface area contributed by atoms with Crippen molar-refractivity contribution in [3.63, 3.8) is 0 Å². The highest BCUT2D eigenvalue weighted by Crippen LogP contribution is 1.99. The normalized spacial score (nSPS) is 9.50. The molecule has 58 valence electrons. The summed E-state index contributed by atoms with van der Waals surface area (Å²) in [4.78, 5) is 19.0. The molecule has 0 heterocycles. The monoisotopic (exact) mass is 185 g/mol. The number of nitrogens with one attached hydrogen (secondary N) is 1. The molecule has 0 radical (unpaired) electrons. The van der Waals surface area contributed by atoms with Crippen molar-refractivity contribution in [1.29, 1.82) is 0 Å². The SMILES string of the molecule is O=C(O)CNC(=O)C(Cl)Cl. The molecule has 0 aromatic heterocycles. The molecule has 0 aromatic carbocycles. The molecule has 0 aliphatic heterocycles. The topological polar surface area (TPSA) is 66.4 Å². The van der Waals surface area contributed by atoms with E-state index in [0.29, 0.717) is 0 Å². The highest BCUT2D eigenvalue weighted by Gasteiger charge is 2.10. The van der Waals surface area contributed by atoms with Gasteiger partial charge in [0.1, 0.15) is 6.54 Å². The van der Waals surface area contributed by atoms with Gasteiger partial charge in [-0.3, -0.25) is 9.59 Å². The standard InChI is InChI=1S/C4H5Cl2NO3/c5-3(6)4(10)7-1-2(8)9/h3H,1H2,(H,7,10)(H,8,9). The molecule has 0 unspecified atom stereocenters. The third kappa shape index (κ3) is 4.40. The minimum absolute atomic E-state index is 0.464. The van der Waals surface area contributed by atoms with E-state index in [9.17, 15) is 9.59 Å². The lowest BCUT2D eigenvalue weighted by molar-refractivity contribution is -0.137. The number of carbonyl (C=O) groups excluding carboxylic acids is 1. The number of hydrogen-bond donors (Lipinski definition) is 2. The number of rotatable bonds is 3. The molecule has 0 bridgehead atoms. The predicted octanol–water partition coefficient (Wildman–Crippen LogP) is -0.00910. The first-order valence-corrected chi connectivity index (χ1v) is 3.19. The Kier molecular flexibility index (Phi) is 4.14. The summed E-state index contributed by atoms with van der Waals surface area (Å²) in [6.45, 7) is -0.464. The first-order valence-electron chi connectivity index (χ1n) is 2.31. The number of carbonyl (C=O) groups is 2. The zero-order chi connectivity index (χ0) is 8.15. The third-order valence-electron chi connectivity index (χ3n) is 0.612. The van der Waals surface area contributed by atoms with Crippen LogP contribution in [0.3, 0.4) is 0 Å². The van der Waals surface area contributed by atoms with E-state index < -0.39 is 23.3 Å². The van der Waals surface area contributed by atoms with Gasteiger partial charge in [0, 0.05) is 0 Å². The molecule has 4 nitrogen and oxygen atoms in total. The van der Waals surface area contributed by atoms with Gasteiger partial charge in [-0.2, -0.15) is 0 Å². The average molecular weight is 186 g/mol. The zero-order valence-corrected chi connectivity index (χ0v) is 6.32. The van der Waals surface area contributed by atoms with Gasteiger partial charge in [-0.25, -0.2) is 0 Å². The third-order valence-corrected chi connectivity index (χ3v) is 1.01. The van der Waals surface area contributed by atoms with Gasteiger partial charge in [0.15, 0.2) is 4.84 Å². The lowest BCUT2D eigenvalue weighted by Crippen LogP contribution is -2.32. The average Bonchev–Trinajstić information content (AvgIpc) is 1.82. The van der Waals surface area contributed by atoms with Crippen LogP contribution in [0.15, 0.2) is 0 Å². The second-order valence-electron chi connectivity index (χ2n) is 1.41. The summed E-state index contributed by atoms with van der Waals surface area (Å²) in [6.07, 6.45) is 0. The Morgan fingerprint density at radius 3 is 2.30 bits per heavy atom. The Labute approximate surface area is 67.1 Å². The molecular formula is C4H5Cl2NO3. The highest BCUT2D eigenvalue weighted by atomic mass is 35.5. The Hall–Kier alpha value is -0.480. The van der Waals surface area contributed by atoms with Crippen molar-refractivity contribution in [2.45, 2.75) is 4.84 Å². The van der Waals surface area contributed by atoms with Crippen molar-refractivity contribution in [3.8, 4) is 0 Å². The van der Waals surface area contributed by atoms with Crippen LogP contribution in [0.1, 0.15) is 0 Å². The molecule has 2 N–H and O–H groups in total. The van der Waals surface area contributed by atoms with Crippen molar-refractivity contribution in [2.75, 3.05) is 6.54 Å². The van der Waals surface area contributed by atoms with Crippen LogP contribution in [0, 0.1) is 0 Å². The number of alkyl halides is 2. The number of carboxylic acid groups (broad SMARTS) is 1. The smallest absolute Gasteiger partial charge is 0.322 e. The Bertz CT molecular complexity index is 147. The maximum Gasteiger partial charge on any atom is 0.322 e. The Morgan fingerprint density at radius 2 is 2.00 bits per heavy atom. The van der Waals surface area contributed by atoms with E-state index in [2.05, 4.69) is 0 Å². The van der Waals surface area contributed by atoms with Gasteiger partial charge in [0.05, 0.1) is 0 Å². The van der Waals surface area contributed by atoms with E-state index >= 15 is 0 Å². The van der Waals surface area contributed by atoms with E-state index in [-0.39, 0.29) is 0 Å². The molecule has 0 saturated carbocycles. The van der Waals surface area contributed by atoms with E-state index in [4.69, 9.17) is 28.3 Å². The van der Waals surface area contributed by atoms with E-state index in [1.165, 1.54) is 0 Å². The second kappa shape index (κ2) is 4.35. The van der Waals surface area contributed by atoms with Crippen molar-refractivity contribution in [3.05, 3.63) is 0 Å². The van der Waals surface area contributed by atoms with Gasteiger partial charge in [0.25, 0.3) is 5.91 Å². The van der Waals surface area contributed by atoms with E-state index in [0.717, 1.165) is 0 Å². The largest absolute Gasteiger partial charge is 0.480 e. The van der Waals surface area contributed by atoms with Crippen LogP contribution in [-0.4, -0.2) is 28.4 Å². The van der Waals surface area contributed by atoms with Gasteiger partial charge >= 0.3 is 5.97 Å². The molecule has 0 aliphatic rings. The van der Waals surface area contributed by atoms with Crippen molar-refractivity contribution < 1.29 is 14.7 Å². The first-order chi connectivity index (χ1) is 4.54. The van der Waals surface area contributed by atoms with Gasteiger partial charge in [-0.05, 0) is 0 Å². The minimum atomic E-state index is -1.21. The molecule has 1 amide bonds. The molecule has 0 spiro atoms. The van der Waals surface area contributed by atoms with Crippen LogP contribution in [0.4, 0.5) is 0 Å². The first kappa shape index (κ1) is 9.52. The Balaban J connectivity index is 3.50. The lowest BCUT2D eigenvalue weighted by atomic mass is 10.6. The number of aliphatic carboxylic acids is 1. The maximum absolute atomic E-state index is 10.4. The molecular weight excluding hydrogens is 181 g/mol. The molecule has 10 heavy (non-hydrogen) atoms. The van der Waals surface area contributed by atoms with Crippen molar-refractivity contribution in [2.24, 2.45) is 0 Å². The fourth-order valence-electron chi connectivity index (χ4n) is 0.240. The van der Waals surface area contributed by atoms with Gasteiger partial charge in [0.2, 0.25) is 0 Å². The zero-order valence-electron chi connectivity index (χ0n) is 4.80. The van der Waals surface area contributed by atoms with Gasteiger partial charge in [-0.15, -0.1) is 0 Å². The molecule has 0 saturated heterocycles. The summed E-state index contributed by atoms with van der Waals surface area (Å²) < 4.78 is 0. The number of amides is 1. The van der Waals surface area contributed by atoms with Gasteiger partial charge < -0.3 is 10.4 Å². The molecule has 0 rings (SSSR count). The van der Waals surface area contributed by atoms with Crippen LogP contribution in [0.2, 0.25) is 0 Å². The summed E-state index contributed by atoms with van der Waals surface area (Å²) in [5, 5.41) is 10.0. The summed E-state index contributed by atoms with van der Waals surface area (Å²) >= 11 is 10.1. The highest BCUT2D eigenvalue weighted by molar-refractivity contribution is 6.53. The summed E-state index contributed by atoms with van der Waals surface area (Å²) in [5.41, 5.74) is 0.